The van der Waals surface area contributed by atoms with Gasteiger partial charge < -0.3 is 9.84 Å². The monoisotopic (exact) mass is 252 g/mol. The van der Waals surface area contributed by atoms with Gasteiger partial charge in [0.25, 0.3) is 0 Å². The van der Waals surface area contributed by atoms with Crippen LogP contribution in [0.25, 0.3) is 0 Å². The van der Waals surface area contributed by atoms with Crippen LogP contribution in [0, 0.1) is 12.8 Å². The molecule has 18 heavy (non-hydrogen) atoms. The van der Waals surface area contributed by atoms with E-state index in [1.165, 1.54) is 32.1 Å². The molecule has 1 atom stereocenters. The highest BCUT2D eigenvalue weighted by molar-refractivity contribution is 5.33. The van der Waals surface area contributed by atoms with Crippen molar-refractivity contribution < 1.29 is 9.84 Å². The van der Waals surface area contributed by atoms with E-state index >= 15 is 0 Å². The average Bonchev–Trinajstić information content (AvgIpc) is 2.64. The summed E-state index contributed by atoms with van der Waals surface area (Å²) in [6.07, 6.45) is 6.85. The molecule has 1 heterocycles. The number of hydrogen-bond donors (Lipinski definition) is 1. The van der Waals surface area contributed by atoms with E-state index in [1.807, 2.05) is 14.0 Å². The van der Waals surface area contributed by atoms with Crippen LogP contribution in [0.5, 0.6) is 5.88 Å². The first-order valence-electron chi connectivity index (χ1n) is 6.89. The van der Waals surface area contributed by atoms with Crippen LogP contribution in [0.1, 0.15) is 55.9 Å². The number of aliphatic hydroxyl groups excluding tert-OH is 1. The minimum Gasteiger partial charge on any atom is -0.481 e. The zero-order valence-corrected chi connectivity index (χ0v) is 11.6. The van der Waals surface area contributed by atoms with E-state index in [2.05, 4.69) is 5.10 Å². The van der Waals surface area contributed by atoms with Crippen LogP contribution in [0.3, 0.4) is 0 Å². The maximum absolute atomic E-state index is 10.4. The SMILES string of the molecule is COc1c(C(O)CC2CCCCC2)c(C)nn1C. The van der Waals surface area contributed by atoms with Gasteiger partial charge in [-0.2, -0.15) is 5.10 Å². The van der Waals surface area contributed by atoms with Gasteiger partial charge >= 0.3 is 0 Å². The lowest BCUT2D eigenvalue weighted by Crippen LogP contribution is -2.12. The predicted molar refractivity (Wildman–Crippen MR) is 70.6 cm³/mol. The van der Waals surface area contributed by atoms with E-state index in [0.29, 0.717) is 11.8 Å². The molecule has 4 heteroatoms. The van der Waals surface area contributed by atoms with Gasteiger partial charge in [-0.25, -0.2) is 4.68 Å². The maximum Gasteiger partial charge on any atom is 0.217 e. The summed E-state index contributed by atoms with van der Waals surface area (Å²) in [5, 5.41) is 14.8. The van der Waals surface area contributed by atoms with Crippen LogP contribution < -0.4 is 4.74 Å². The molecular formula is C14H24N2O2. The van der Waals surface area contributed by atoms with Crippen LogP contribution in [0.15, 0.2) is 0 Å². The number of rotatable bonds is 4. The third-order valence-corrected chi connectivity index (χ3v) is 4.02. The fraction of sp³-hybridized carbons (Fsp3) is 0.786. The third kappa shape index (κ3) is 2.69. The molecule has 1 aliphatic carbocycles. The Morgan fingerprint density at radius 2 is 2.06 bits per heavy atom. The fourth-order valence-corrected chi connectivity index (χ4v) is 3.14. The van der Waals surface area contributed by atoms with Gasteiger partial charge in [-0.05, 0) is 19.3 Å². The second-order valence-electron chi connectivity index (χ2n) is 5.39. The summed E-state index contributed by atoms with van der Waals surface area (Å²) in [6, 6.07) is 0. The lowest BCUT2D eigenvalue weighted by molar-refractivity contribution is 0.127. The van der Waals surface area contributed by atoms with Crippen molar-refractivity contribution in [2.75, 3.05) is 7.11 Å². The van der Waals surface area contributed by atoms with E-state index in [1.54, 1.807) is 11.8 Å². The number of aliphatic hydroxyl groups is 1. The molecule has 1 N–H and O–H groups in total. The molecule has 4 nitrogen and oxygen atoms in total. The third-order valence-electron chi connectivity index (χ3n) is 4.02. The normalized spacial score (nSPS) is 18.9. The molecule has 0 aliphatic heterocycles. The molecule has 0 aromatic carbocycles. The summed E-state index contributed by atoms with van der Waals surface area (Å²) in [5.74, 6) is 1.34. The van der Waals surface area contributed by atoms with Crippen molar-refractivity contribution in [3.63, 3.8) is 0 Å². The zero-order valence-electron chi connectivity index (χ0n) is 11.6. The Morgan fingerprint density at radius 1 is 1.39 bits per heavy atom. The second-order valence-corrected chi connectivity index (χ2v) is 5.39. The Labute approximate surface area is 109 Å². The first kappa shape index (κ1) is 13.4. The van der Waals surface area contributed by atoms with Crippen molar-refractivity contribution in [3.8, 4) is 5.88 Å². The summed E-state index contributed by atoms with van der Waals surface area (Å²) in [5.41, 5.74) is 1.74. The van der Waals surface area contributed by atoms with Gasteiger partial charge in [-0.1, -0.05) is 32.1 Å². The van der Waals surface area contributed by atoms with Crippen molar-refractivity contribution in [3.05, 3.63) is 11.3 Å². The largest absolute Gasteiger partial charge is 0.481 e. The van der Waals surface area contributed by atoms with E-state index in [9.17, 15) is 5.11 Å². The maximum atomic E-state index is 10.4. The van der Waals surface area contributed by atoms with Gasteiger partial charge in [-0.15, -0.1) is 0 Å². The molecule has 0 amide bonds. The number of aromatic nitrogens is 2. The molecule has 2 rings (SSSR count). The molecule has 0 radical (unpaired) electrons. The van der Waals surface area contributed by atoms with Gasteiger partial charge in [0.2, 0.25) is 5.88 Å². The number of ether oxygens (including phenoxy) is 1. The van der Waals surface area contributed by atoms with E-state index in [4.69, 9.17) is 4.74 Å². The van der Waals surface area contributed by atoms with Crippen molar-refractivity contribution >= 4 is 0 Å². The molecule has 1 aliphatic rings. The molecule has 1 aromatic heterocycles. The lowest BCUT2D eigenvalue weighted by Gasteiger charge is -2.24. The topological polar surface area (TPSA) is 47.3 Å². The van der Waals surface area contributed by atoms with Gasteiger partial charge in [0.05, 0.1) is 24.5 Å². The van der Waals surface area contributed by atoms with Gasteiger partial charge in [-0.3, -0.25) is 0 Å². The van der Waals surface area contributed by atoms with Crippen LogP contribution >= 0.6 is 0 Å². The molecular weight excluding hydrogens is 228 g/mol. The summed E-state index contributed by atoms with van der Waals surface area (Å²) in [7, 11) is 3.48. The van der Waals surface area contributed by atoms with E-state index < -0.39 is 6.10 Å². The van der Waals surface area contributed by atoms with Crippen LogP contribution in [0.2, 0.25) is 0 Å². The first-order valence-corrected chi connectivity index (χ1v) is 6.89. The van der Waals surface area contributed by atoms with Gasteiger partial charge in [0.15, 0.2) is 0 Å². The Kier molecular flexibility index (Phi) is 4.27. The van der Waals surface area contributed by atoms with Crippen molar-refractivity contribution in [1.82, 2.24) is 9.78 Å². The summed E-state index contributed by atoms with van der Waals surface area (Å²) >= 11 is 0. The fourth-order valence-electron chi connectivity index (χ4n) is 3.14. The second kappa shape index (κ2) is 5.74. The summed E-state index contributed by atoms with van der Waals surface area (Å²) in [4.78, 5) is 0. The minimum atomic E-state index is -0.447. The zero-order chi connectivity index (χ0) is 13.1. The predicted octanol–water partition coefficient (Wildman–Crippen LogP) is 2.74. The first-order chi connectivity index (χ1) is 8.63. The lowest BCUT2D eigenvalue weighted by atomic mass is 9.84. The minimum absolute atomic E-state index is 0.447. The van der Waals surface area contributed by atoms with E-state index in [-0.39, 0.29) is 0 Å². The van der Waals surface area contributed by atoms with E-state index in [0.717, 1.165) is 17.7 Å². The van der Waals surface area contributed by atoms with Crippen LogP contribution in [-0.2, 0) is 7.05 Å². The molecule has 1 unspecified atom stereocenters. The van der Waals surface area contributed by atoms with Gasteiger partial charge in [0.1, 0.15) is 0 Å². The molecule has 1 aromatic rings. The summed E-state index contributed by atoms with van der Waals surface area (Å²) in [6.45, 7) is 1.93. The molecule has 102 valence electrons. The molecule has 0 spiro atoms. The quantitative estimate of drug-likeness (QED) is 0.896. The van der Waals surface area contributed by atoms with Gasteiger partial charge in [0, 0.05) is 7.05 Å². The molecule has 1 saturated carbocycles. The molecule has 0 bridgehead atoms. The Balaban J connectivity index is 2.10. The standard InChI is InChI=1S/C14H24N2O2/c1-10-13(14(18-3)16(2)15-10)12(17)9-11-7-5-4-6-8-11/h11-12,17H,4-9H2,1-3H3. The molecule has 1 fully saturated rings. The highest BCUT2D eigenvalue weighted by Gasteiger charge is 2.25. The average molecular weight is 252 g/mol. The van der Waals surface area contributed by atoms with Crippen molar-refractivity contribution in [2.24, 2.45) is 13.0 Å². The Bertz CT molecular complexity index is 395. The Hall–Kier alpha value is -1.03. The summed E-state index contributed by atoms with van der Waals surface area (Å²) < 4.78 is 7.05. The number of methoxy groups -OCH3 is 1. The Morgan fingerprint density at radius 3 is 2.67 bits per heavy atom. The van der Waals surface area contributed by atoms with Crippen molar-refractivity contribution in [1.29, 1.82) is 0 Å². The van der Waals surface area contributed by atoms with Crippen LogP contribution in [0.4, 0.5) is 0 Å². The number of aryl methyl sites for hydroxylation is 2. The smallest absolute Gasteiger partial charge is 0.217 e. The van der Waals surface area contributed by atoms with Crippen molar-refractivity contribution in [2.45, 2.75) is 51.6 Å². The highest BCUT2D eigenvalue weighted by atomic mass is 16.5. The molecule has 0 saturated heterocycles. The highest BCUT2D eigenvalue weighted by Crippen LogP contribution is 2.36. The number of hydrogen-bond acceptors (Lipinski definition) is 3. The number of nitrogens with zero attached hydrogens (tertiary/aromatic N) is 2. The van der Waals surface area contributed by atoms with Crippen LogP contribution in [-0.4, -0.2) is 22.0 Å².